The number of aromatic nitrogens is 1. The Morgan fingerprint density at radius 1 is 0.850 bits per heavy atom. The van der Waals surface area contributed by atoms with E-state index in [2.05, 4.69) is 4.98 Å². The van der Waals surface area contributed by atoms with Crippen LogP contribution in [0.4, 0.5) is 0 Å². The SMILES string of the molecule is Cc1nc2c(s1)C(=O)c1sc3c(C)sc(C)c3c1C2=O. The van der Waals surface area contributed by atoms with Crippen LogP contribution in [-0.4, -0.2) is 16.6 Å². The molecule has 100 valence electrons. The predicted octanol–water partition coefficient (Wildman–Crippen LogP) is 4.12. The number of hydrogen-bond acceptors (Lipinski definition) is 6. The summed E-state index contributed by atoms with van der Waals surface area (Å²) in [5, 5.41) is 1.73. The van der Waals surface area contributed by atoms with Crippen molar-refractivity contribution < 1.29 is 9.59 Å². The van der Waals surface area contributed by atoms with E-state index in [9.17, 15) is 9.59 Å². The van der Waals surface area contributed by atoms with Gasteiger partial charge < -0.3 is 0 Å². The largest absolute Gasteiger partial charge is 0.287 e. The van der Waals surface area contributed by atoms with E-state index in [1.807, 2.05) is 20.8 Å². The van der Waals surface area contributed by atoms with E-state index < -0.39 is 0 Å². The Morgan fingerprint density at radius 2 is 1.60 bits per heavy atom. The van der Waals surface area contributed by atoms with Crippen molar-refractivity contribution in [1.82, 2.24) is 4.98 Å². The molecule has 0 saturated carbocycles. The Balaban J connectivity index is 2.14. The summed E-state index contributed by atoms with van der Waals surface area (Å²) >= 11 is 4.45. The van der Waals surface area contributed by atoms with Crippen molar-refractivity contribution in [2.75, 3.05) is 0 Å². The summed E-state index contributed by atoms with van der Waals surface area (Å²) in [7, 11) is 0. The number of carbonyl (C=O) groups excluding carboxylic acids is 2. The minimum Gasteiger partial charge on any atom is -0.287 e. The van der Waals surface area contributed by atoms with E-state index in [1.165, 1.54) is 27.6 Å². The van der Waals surface area contributed by atoms with Crippen molar-refractivity contribution in [3.05, 3.63) is 35.8 Å². The molecule has 3 aromatic heterocycles. The fourth-order valence-corrected chi connectivity index (χ4v) is 6.07. The molecule has 0 amide bonds. The van der Waals surface area contributed by atoms with Gasteiger partial charge in [0.05, 0.1) is 15.4 Å². The first-order chi connectivity index (χ1) is 9.49. The van der Waals surface area contributed by atoms with Crippen LogP contribution in [0.3, 0.4) is 0 Å². The van der Waals surface area contributed by atoms with Gasteiger partial charge in [0.1, 0.15) is 10.6 Å². The number of thiazole rings is 1. The van der Waals surface area contributed by atoms with Crippen LogP contribution in [0.15, 0.2) is 0 Å². The van der Waals surface area contributed by atoms with Crippen LogP contribution in [0.5, 0.6) is 0 Å². The average Bonchev–Trinajstić information content (AvgIpc) is 3.02. The summed E-state index contributed by atoms with van der Waals surface area (Å²) in [5.41, 5.74) is 0.919. The molecular weight excluding hydrogens is 310 g/mol. The molecule has 0 aromatic carbocycles. The van der Waals surface area contributed by atoms with Gasteiger partial charge >= 0.3 is 0 Å². The molecule has 0 saturated heterocycles. The maximum atomic E-state index is 12.7. The van der Waals surface area contributed by atoms with Gasteiger partial charge in [0.2, 0.25) is 11.6 Å². The number of fused-ring (bicyclic) bond motifs is 4. The van der Waals surface area contributed by atoms with Crippen LogP contribution < -0.4 is 0 Å². The number of aryl methyl sites for hydroxylation is 3. The Morgan fingerprint density at radius 3 is 2.35 bits per heavy atom. The second-order valence-corrected chi connectivity index (χ2v) is 8.45. The van der Waals surface area contributed by atoms with Gasteiger partial charge in [-0.25, -0.2) is 4.98 Å². The van der Waals surface area contributed by atoms with Gasteiger partial charge in [-0.15, -0.1) is 34.0 Å². The van der Waals surface area contributed by atoms with Gasteiger partial charge in [-0.2, -0.15) is 0 Å². The lowest BCUT2D eigenvalue weighted by molar-refractivity contribution is 0.0983. The van der Waals surface area contributed by atoms with Crippen LogP contribution >= 0.6 is 34.0 Å². The van der Waals surface area contributed by atoms with Crippen molar-refractivity contribution in [1.29, 1.82) is 0 Å². The summed E-state index contributed by atoms with van der Waals surface area (Å²) in [5.74, 6) is -0.128. The maximum absolute atomic E-state index is 12.7. The molecule has 4 rings (SSSR count). The molecule has 3 aromatic rings. The Kier molecular flexibility index (Phi) is 2.38. The number of ketones is 2. The third-order valence-corrected chi connectivity index (χ3v) is 6.90. The smallest absolute Gasteiger partial charge is 0.216 e. The molecular formula is C14H9NO2S3. The van der Waals surface area contributed by atoms with Gasteiger partial charge in [0.25, 0.3) is 0 Å². The van der Waals surface area contributed by atoms with Crippen LogP contribution in [0.2, 0.25) is 0 Å². The Hall–Kier alpha value is -1.37. The highest BCUT2D eigenvalue weighted by atomic mass is 32.1. The van der Waals surface area contributed by atoms with Crippen LogP contribution in [0, 0.1) is 20.8 Å². The zero-order chi connectivity index (χ0) is 14.2. The second kappa shape index (κ2) is 3.84. The third kappa shape index (κ3) is 1.36. The molecule has 0 radical (unpaired) electrons. The maximum Gasteiger partial charge on any atom is 0.216 e. The fraction of sp³-hybridized carbons (Fsp3) is 0.214. The number of carbonyl (C=O) groups is 2. The molecule has 0 aliphatic heterocycles. The molecule has 0 N–H and O–H groups in total. The quantitative estimate of drug-likeness (QED) is 0.490. The van der Waals surface area contributed by atoms with E-state index in [0.29, 0.717) is 21.0 Å². The zero-order valence-electron chi connectivity index (χ0n) is 11.0. The van der Waals surface area contributed by atoms with E-state index in [4.69, 9.17) is 0 Å². The molecule has 0 unspecified atom stereocenters. The first-order valence-electron chi connectivity index (χ1n) is 6.08. The van der Waals surface area contributed by atoms with Gasteiger partial charge in [0.15, 0.2) is 0 Å². The van der Waals surface area contributed by atoms with Crippen LogP contribution in [-0.2, 0) is 0 Å². The van der Waals surface area contributed by atoms with Gasteiger partial charge in [-0.1, -0.05) is 0 Å². The summed E-state index contributed by atoms with van der Waals surface area (Å²) in [6.45, 7) is 5.87. The topological polar surface area (TPSA) is 47.0 Å². The number of hydrogen-bond donors (Lipinski definition) is 0. The molecule has 0 atom stereocenters. The molecule has 20 heavy (non-hydrogen) atoms. The van der Waals surface area contributed by atoms with Crippen molar-refractivity contribution in [3.63, 3.8) is 0 Å². The molecule has 1 aliphatic rings. The third-order valence-electron chi connectivity index (χ3n) is 3.47. The van der Waals surface area contributed by atoms with E-state index in [0.717, 1.165) is 20.0 Å². The standard InChI is InChI=1S/C14H9NO2S3/c1-4-7-8-10(16)9-14(19-6(3)15-9)11(17)13(8)20-12(7)5(2)18-4/h1-3H3. The molecule has 3 nitrogen and oxygen atoms in total. The minimum absolute atomic E-state index is 0.0369. The average molecular weight is 319 g/mol. The number of rotatable bonds is 0. The summed E-state index contributed by atoms with van der Waals surface area (Å²) < 4.78 is 1.08. The highest BCUT2D eigenvalue weighted by molar-refractivity contribution is 7.27. The highest BCUT2D eigenvalue weighted by Gasteiger charge is 2.37. The summed E-state index contributed by atoms with van der Waals surface area (Å²) in [6, 6.07) is 0. The number of nitrogens with zero attached hydrogens (tertiary/aromatic N) is 1. The predicted molar refractivity (Wildman–Crippen MR) is 82.9 cm³/mol. The molecule has 3 heterocycles. The van der Waals surface area contributed by atoms with Crippen LogP contribution in [0.1, 0.15) is 45.4 Å². The van der Waals surface area contributed by atoms with Gasteiger partial charge in [0, 0.05) is 19.8 Å². The molecule has 0 fully saturated rings. The van der Waals surface area contributed by atoms with Crippen LogP contribution in [0.25, 0.3) is 10.1 Å². The van der Waals surface area contributed by atoms with E-state index >= 15 is 0 Å². The summed E-state index contributed by atoms with van der Waals surface area (Å²) in [6.07, 6.45) is 0. The van der Waals surface area contributed by atoms with Gasteiger partial charge in [-0.05, 0) is 20.8 Å². The normalized spacial score (nSPS) is 13.9. The monoisotopic (exact) mass is 319 g/mol. The molecule has 0 spiro atoms. The molecule has 6 heteroatoms. The minimum atomic E-state index is -0.0916. The van der Waals surface area contributed by atoms with Crippen molar-refractivity contribution in [2.24, 2.45) is 0 Å². The van der Waals surface area contributed by atoms with E-state index in [-0.39, 0.29) is 11.6 Å². The fourth-order valence-electron chi connectivity index (χ4n) is 2.67. The Bertz CT molecular complexity index is 926. The van der Waals surface area contributed by atoms with Crippen molar-refractivity contribution in [3.8, 4) is 0 Å². The lowest BCUT2D eigenvalue weighted by Crippen LogP contribution is -2.17. The lowest BCUT2D eigenvalue weighted by Gasteiger charge is -2.08. The molecule has 0 bridgehead atoms. The van der Waals surface area contributed by atoms with E-state index in [1.54, 1.807) is 11.3 Å². The highest BCUT2D eigenvalue weighted by Crippen LogP contribution is 2.45. The first kappa shape index (κ1) is 12.4. The zero-order valence-corrected chi connectivity index (χ0v) is 13.4. The second-order valence-electron chi connectivity index (χ2n) is 4.79. The number of thiophene rings is 2. The Labute approximate surface area is 126 Å². The molecule has 1 aliphatic carbocycles. The van der Waals surface area contributed by atoms with Gasteiger partial charge in [-0.3, -0.25) is 9.59 Å². The summed E-state index contributed by atoms with van der Waals surface area (Å²) in [4.78, 5) is 32.9. The lowest BCUT2D eigenvalue weighted by atomic mass is 9.96. The van der Waals surface area contributed by atoms with Crippen molar-refractivity contribution in [2.45, 2.75) is 20.8 Å². The van der Waals surface area contributed by atoms with Crippen molar-refractivity contribution >= 4 is 55.7 Å². The first-order valence-corrected chi connectivity index (χ1v) is 8.53.